The van der Waals surface area contributed by atoms with Crippen LogP contribution in [0.1, 0.15) is 44.5 Å². The molecule has 0 saturated heterocycles. The number of hydrogen-bond donors (Lipinski definition) is 2. The highest BCUT2D eigenvalue weighted by Gasteiger charge is 2.16. The first kappa shape index (κ1) is 17.5. The van der Waals surface area contributed by atoms with Crippen LogP contribution in [0.5, 0.6) is 0 Å². The van der Waals surface area contributed by atoms with Crippen molar-refractivity contribution in [2.75, 3.05) is 5.32 Å². The predicted octanol–water partition coefficient (Wildman–Crippen LogP) is 2.87. The lowest BCUT2D eigenvalue weighted by molar-refractivity contribution is 0.0514. The summed E-state index contributed by atoms with van der Waals surface area (Å²) >= 11 is 0. The molecule has 0 heterocycles. The Kier molecular flexibility index (Phi) is 5.91. The molecule has 1 aromatic rings. The molecule has 0 aliphatic rings. The average Bonchev–Trinajstić information content (AvgIpc) is 2.43. The number of nitrogens with one attached hydrogen (secondary N) is 1. The zero-order valence-corrected chi connectivity index (χ0v) is 13.2. The second kappa shape index (κ2) is 7.44. The minimum Gasteiger partial charge on any atom is -0.444 e. The van der Waals surface area contributed by atoms with E-state index in [2.05, 4.69) is 15.3 Å². The lowest BCUT2D eigenvalue weighted by Crippen LogP contribution is -2.27. The first-order valence-corrected chi connectivity index (χ1v) is 6.85. The number of hydrogen-bond acceptors (Lipinski definition) is 5. The Morgan fingerprint density at radius 1 is 1.23 bits per heavy atom. The van der Waals surface area contributed by atoms with Crippen molar-refractivity contribution in [1.29, 1.82) is 0 Å². The van der Waals surface area contributed by atoms with Gasteiger partial charge in [0, 0.05) is 12.1 Å². The molecule has 0 radical (unpaired) electrons. The molecule has 0 atom stereocenters. The van der Waals surface area contributed by atoms with Gasteiger partial charge < -0.3 is 15.3 Å². The van der Waals surface area contributed by atoms with Gasteiger partial charge in [-0.05, 0) is 45.0 Å². The van der Waals surface area contributed by atoms with Gasteiger partial charge >= 0.3 is 12.1 Å². The topological polar surface area (TPSA) is 103 Å². The number of benzene rings is 1. The average molecular weight is 307 g/mol. The van der Waals surface area contributed by atoms with Crippen molar-refractivity contribution in [1.82, 2.24) is 0 Å². The molecule has 1 amide bonds. The van der Waals surface area contributed by atoms with Crippen molar-refractivity contribution in [3.8, 4) is 0 Å². The summed E-state index contributed by atoms with van der Waals surface area (Å²) in [6.45, 7) is 7.11. The van der Waals surface area contributed by atoms with Crippen LogP contribution >= 0.6 is 0 Å². The van der Waals surface area contributed by atoms with Gasteiger partial charge in [0.2, 0.25) is 0 Å². The fraction of sp³-hybridized carbons (Fsp3) is 0.400. The number of nitrogens with zero attached hydrogens (tertiary/aromatic N) is 1. The SMILES string of the molecule is CC/C(N)=N/OC(=O)c1ccc(NC(=O)OC(C)(C)C)cc1. The fourth-order valence-electron chi connectivity index (χ4n) is 1.33. The molecule has 7 heteroatoms. The van der Waals surface area contributed by atoms with Gasteiger partial charge in [-0.2, -0.15) is 0 Å². The number of carbonyl (C=O) groups excluding carboxylic acids is 2. The summed E-state index contributed by atoms with van der Waals surface area (Å²) in [6.07, 6.45) is -0.0744. The van der Waals surface area contributed by atoms with Crippen molar-refractivity contribution < 1.29 is 19.2 Å². The highest BCUT2D eigenvalue weighted by Crippen LogP contribution is 2.13. The van der Waals surface area contributed by atoms with Gasteiger partial charge in [-0.15, -0.1) is 0 Å². The monoisotopic (exact) mass is 307 g/mol. The number of amides is 1. The van der Waals surface area contributed by atoms with Gasteiger partial charge in [-0.1, -0.05) is 12.1 Å². The van der Waals surface area contributed by atoms with E-state index in [0.717, 1.165) is 0 Å². The number of rotatable bonds is 4. The summed E-state index contributed by atoms with van der Waals surface area (Å²) in [6, 6.07) is 6.14. The molecule has 3 N–H and O–H groups in total. The molecule has 0 fully saturated rings. The zero-order valence-electron chi connectivity index (χ0n) is 13.2. The summed E-state index contributed by atoms with van der Waals surface area (Å²) in [7, 11) is 0. The van der Waals surface area contributed by atoms with E-state index in [9.17, 15) is 9.59 Å². The number of oxime groups is 1. The third-order valence-electron chi connectivity index (χ3n) is 2.37. The third-order valence-corrected chi connectivity index (χ3v) is 2.37. The van der Waals surface area contributed by atoms with Crippen LogP contribution in [0.15, 0.2) is 29.4 Å². The molecule has 0 unspecified atom stereocenters. The molecule has 0 spiro atoms. The zero-order chi connectivity index (χ0) is 16.8. The molecule has 1 rings (SSSR count). The summed E-state index contributed by atoms with van der Waals surface area (Å²) in [5.41, 5.74) is 5.66. The van der Waals surface area contributed by atoms with Crippen LogP contribution in [0, 0.1) is 0 Å². The normalized spacial score (nSPS) is 11.7. The third kappa shape index (κ3) is 6.25. The first-order chi connectivity index (χ1) is 10.2. The van der Waals surface area contributed by atoms with Crippen LogP contribution in [0.25, 0.3) is 0 Å². The fourth-order valence-corrected chi connectivity index (χ4v) is 1.33. The highest BCUT2D eigenvalue weighted by atomic mass is 16.7. The lowest BCUT2D eigenvalue weighted by Gasteiger charge is -2.19. The van der Waals surface area contributed by atoms with E-state index in [4.69, 9.17) is 10.5 Å². The summed E-state index contributed by atoms with van der Waals surface area (Å²) in [4.78, 5) is 28.0. The second-order valence-corrected chi connectivity index (χ2v) is 5.52. The minimum atomic E-state index is -0.625. The summed E-state index contributed by atoms with van der Waals surface area (Å²) in [5.74, 6) is -0.392. The molecule has 120 valence electrons. The van der Waals surface area contributed by atoms with Crippen LogP contribution in [0.2, 0.25) is 0 Å². The summed E-state index contributed by atoms with van der Waals surface area (Å²) < 4.78 is 5.12. The molecule has 0 aliphatic carbocycles. The molecular formula is C15H21N3O4. The van der Waals surface area contributed by atoms with Crippen LogP contribution in [-0.2, 0) is 9.57 Å². The quantitative estimate of drug-likeness (QED) is 0.385. The molecule has 0 saturated carbocycles. The van der Waals surface area contributed by atoms with Gasteiger partial charge in [0.25, 0.3) is 0 Å². The van der Waals surface area contributed by atoms with Gasteiger partial charge in [0.15, 0.2) is 0 Å². The van der Waals surface area contributed by atoms with E-state index in [0.29, 0.717) is 17.7 Å². The molecule has 0 aliphatic heterocycles. The van der Waals surface area contributed by atoms with E-state index < -0.39 is 17.7 Å². The lowest BCUT2D eigenvalue weighted by atomic mass is 10.2. The van der Waals surface area contributed by atoms with Crippen LogP contribution in [0.3, 0.4) is 0 Å². The Hall–Kier alpha value is -2.57. The van der Waals surface area contributed by atoms with E-state index in [-0.39, 0.29) is 5.84 Å². The molecule has 0 bridgehead atoms. The predicted molar refractivity (Wildman–Crippen MR) is 83.6 cm³/mol. The van der Waals surface area contributed by atoms with E-state index in [1.807, 2.05) is 0 Å². The van der Waals surface area contributed by atoms with Gasteiger partial charge in [-0.25, -0.2) is 9.59 Å². The van der Waals surface area contributed by atoms with E-state index in [1.165, 1.54) is 12.1 Å². The second-order valence-electron chi connectivity index (χ2n) is 5.52. The standard InChI is InChI=1S/C15H21N3O4/c1-5-12(16)18-22-13(19)10-6-8-11(9-7-10)17-14(20)21-15(2,3)4/h6-9H,5H2,1-4H3,(H2,16,18)(H,17,20). The Morgan fingerprint density at radius 2 is 1.82 bits per heavy atom. The van der Waals surface area contributed by atoms with Gasteiger partial charge in [0.05, 0.1) is 5.56 Å². The van der Waals surface area contributed by atoms with E-state index >= 15 is 0 Å². The summed E-state index contributed by atoms with van der Waals surface area (Å²) in [5, 5.41) is 6.05. The largest absolute Gasteiger partial charge is 0.444 e. The Morgan fingerprint density at radius 3 is 2.32 bits per heavy atom. The van der Waals surface area contributed by atoms with Crippen molar-refractivity contribution in [3.05, 3.63) is 29.8 Å². The van der Waals surface area contributed by atoms with Crippen molar-refractivity contribution in [2.24, 2.45) is 10.9 Å². The molecule has 0 aromatic heterocycles. The molecule has 7 nitrogen and oxygen atoms in total. The number of anilines is 1. The molecular weight excluding hydrogens is 286 g/mol. The number of nitrogens with two attached hydrogens (primary N) is 1. The number of ether oxygens (including phenoxy) is 1. The molecule has 1 aromatic carbocycles. The van der Waals surface area contributed by atoms with Crippen LogP contribution in [0.4, 0.5) is 10.5 Å². The smallest absolute Gasteiger partial charge is 0.412 e. The number of carbonyl (C=O) groups is 2. The maximum absolute atomic E-state index is 11.7. The van der Waals surface area contributed by atoms with Crippen LogP contribution < -0.4 is 11.1 Å². The van der Waals surface area contributed by atoms with Crippen LogP contribution in [-0.4, -0.2) is 23.5 Å². The Labute approximate surface area is 129 Å². The highest BCUT2D eigenvalue weighted by molar-refractivity contribution is 5.91. The van der Waals surface area contributed by atoms with E-state index in [1.54, 1.807) is 39.8 Å². The van der Waals surface area contributed by atoms with Gasteiger partial charge in [-0.3, -0.25) is 5.32 Å². The van der Waals surface area contributed by atoms with Gasteiger partial charge in [0.1, 0.15) is 11.4 Å². The van der Waals surface area contributed by atoms with Crippen molar-refractivity contribution >= 4 is 23.6 Å². The Balaban J connectivity index is 2.63. The molecule has 22 heavy (non-hydrogen) atoms. The first-order valence-electron chi connectivity index (χ1n) is 6.85. The number of amidine groups is 1. The maximum atomic E-state index is 11.7. The maximum Gasteiger partial charge on any atom is 0.412 e. The van der Waals surface area contributed by atoms with Crippen molar-refractivity contribution in [2.45, 2.75) is 39.7 Å². The van der Waals surface area contributed by atoms with Crippen molar-refractivity contribution in [3.63, 3.8) is 0 Å². The minimum absolute atomic E-state index is 0.233. The Bertz CT molecular complexity index is 559.